The van der Waals surface area contributed by atoms with Crippen LogP contribution < -0.4 is 0 Å². The number of aromatic nitrogens is 2. The predicted octanol–water partition coefficient (Wildman–Crippen LogP) is 2.00. The van der Waals surface area contributed by atoms with Crippen LogP contribution in [-0.2, 0) is 17.9 Å². The van der Waals surface area contributed by atoms with Gasteiger partial charge in [0, 0.05) is 25.7 Å². The highest BCUT2D eigenvalue weighted by Gasteiger charge is 2.26. The fraction of sp³-hybridized carbons (Fsp3) is 0.333. The van der Waals surface area contributed by atoms with Crippen LogP contribution in [0.25, 0.3) is 0 Å². The topological polar surface area (TPSA) is 58.4 Å². The summed E-state index contributed by atoms with van der Waals surface area (Å²) in [7, 11) is 0. The summed E-state index contributed by atoms with van der Waals surface area (Å²) in [6, 6.07) is 7.69. The first-order valence-corrected chi connectivity index (χ1v) is 7.23. The Hall–Kier alpha value is -1.85. The quantitative estimate of drug-likeness (QED) is 0.943. The zero-order valence-electron chi connectivity index (χ0n) is 11.4. The molecule has 2 heterocycles. The van der Waals surface area contributed by atoms with Gasteiger partial charge >= 0.3 is 0 Å². The number of β-amino-alcohol motifs (C(OH)–C–C–N with tert-alkyl or cyclic N) is 1. The number of nitrogens with zero attached hydrogens (tertiary/aromatic N) is 3. The highest BCUT2D eigenvalue weighted by atomic mass is 35.5. The molecule has 0 radical (unpaired) electrons. The van der Waals surface area contributed by atoms with Gasteiger partial charge in [-0.15, -0.1) is 0 Å². The molecule has 1 aromatic heterocycles. The maximum absolute atomic E-state index is 12.3. The molecule has 1 N–H and O–H groups in total. The molecule has 0 fully saturated rings. The monoisotopic (exact) mass is 305 g/mol. The zero-order valence-corrected chi connectivity index (χ0v) is 12.2. The van der Waals surface area contributed by atoms with E-state index in [0.29, 0.717) is 31.1 Å². The third-order valence-corrected chi connectivity index (χ3v) is 3.87. The van der Waals surface area contributed by atoms with Crippen molar-refractivity contribution in [1.82, 2.24) is 14.7 Å². The number of fused-ring (bicyclic) bond motifs is 1. The first-order chi connectivity index (χ1) is 10.1. The number of benzene rings is 1. The largest absolute Gasteiger partial charge is 0.387 e. The number of halogens is 1. The minimum atomic E-state index is -0.613. The van der Waals surface area contributed by atoms with Gasteiger partial charge < -0.3 is 10.0 Å². The SMILES string of the molecule is O=C(CCn1cc(Cl)cn1)N1Cc2ccccc2[C@H](O)C1. The van der Waals surface area contributed by atoms with Gasteiger partial charge in [0.15, 0.2) is 0 Å². The molecule has 0 unspecified atom stereocenters. The molecule has 0 spiro atoms. The molecule has 0 saturated heterocycles. The smallest absolute Gasteiger partial charge is 0.224 e. The van der Waals surface area contributed by atoms with Crippen LogP contribution in [0.2, 0.25) is 5.02 Å². The summed E-state index contributed by atoms with van der Waals surface area (Å²) in [5, 5.41) is 14.7. The fourth-order valence-electron chi connectivity index (χ4n) is 2.60. The van der Waals surface area contributed by atoms with Crippen molar-refractivity contribution < 1.29 is 9.90 Å². The maximum Gasteiger partial charge on any atom is 0.224 e. The van der Waals surface area contributed by atoms with Gasteiger partial charge in [0.05, 0.1) is 23.9 Å². The standard InChI is InChI=1S/C15H16ClN3O2/c16-12-7-17-19(9-12)6-5-15(21)18-8-11-3-1-2-4-13(11)14(20)10-18/h1-4,7,9,14,20H,5-6,8,10H2/t14-/m1/s1. The number of aryl methyl sites for hydroxylation is 1. The molecule has 6 heteroatoms. The molecule has 5 nitrogen and oxygen atoms in total. The van der Waals surface area contributed by atoms with Gasteiger partial charge in [-0.3, -0.25) is 9.48 Å². The molecular weight excluding hydrogens is 290 g/mol. The van der Waals surface area contributed by atoms with E-state index in [-0.39, 0.29) is 5.91 Å². The fourth-order valence-corrected chi connectivity index (χ4v) is 2.76. The summed E-state index contributed by atoms with van der Waals surface area (Å²) in [4.78, 5) is 14.0. The summed E-state index contributed by atoms with van der Waals surface area (Å²) in [5.41, 5.74) is 1.92. The van der Waals surface area contributed by atoms with Crippen molar-refractivity contribution in [2.75, 3.05) is 6.54 Å². The van der Waals surface area contributed by atoms with Crippen molar-refractivity contribution in [3.05, 3.63) is 52.8 Å². The molecule has 1 aliphatic rings. The zero-order chi connectivity index (χ0) is 14.8. The van der Waals surface area contributed by atoms with E-state index in [4.69, 9.17) is 11.6 Å². The summed E-state index contributed by atoms with van der Waals surface area (Å²) in [6.45, 7) is 1.38. The summed E-state index contributed by atoms with van der Waals surface area (Å²) in [5.74, 6) is 0.00942. The molecule has 1 amide bonds. The molecule has 1 aliphatic heterocycles. The molecule has 2 aromatic rings. The van der Waals surface area contributed by atoms with Gasteiger partial charge in [-0.1, -0.05) is 35.9 Å². The van der Waals surface area contributed by atoms with Gasteiger partial charge in [-0.2, -0.15) is 5.10 Å². The number of carbonyl (C=O) groups is 1. The minimum Gasteiger partial charge on any atom is -0.387 e. The van der Waals surface area contributed by atoms with Crippen LogP contribution in [0, 0.1) is 0 Å². The molecule has 1 aromatic carbocycles. The second kappa shape index (κ2) is 5.87. The Bertz CT molecular complexity index is 656. The summed E-state index contributed by atoms with van der Waals surface area (Å²) < 4.78 is 1.65. The Kier molecular flexibility index (Phi) is 3.94. The number of hydrogen-bond donors (Lipinski definition) is 1. The molecule has 21 heavy (non-hydrogen) atoms. The lowest BCUT2D eigenvalue weighted by Gasteiger charge is -2.32. The van der Waals surface area contributed by atoms with E-state index < -0.39 is 6.10 Å². The van der Waals surface area contributed by atoms with Crippen molar-refractivity contribution in [1.29, 1.82) is 0 Å². The van der Waals surface area contributed by atoms with Crippen LogP contribution >= 0.6 is 11.6 Å². The number of amides is 1. The molecular formula is C15H16ClN3O2. The van der Waals surface area contributed by atoms with Crippen molar-refractivity contribution >= 4 is 17.5 Å². The number of aliphatic hydroxyl groups excluding tert-OH is 1. The van der Waals surface area contributed by atoms with Crippen LogP contribution in [0.15, 0.2) is 36.7 Å². The average molecular weight is 306 g/mol. The number of carbonyl (C=O) groups excluding carboxylic acids is 1. The molecule has 0 bridgehead atoms. The van der Waals surface area contributed by atoms with E-state index in [9.17, 15) is 9.90 Å². The molecule has 0 saturated carbocycles. The Morgan fingerprint density at radius 1 is 1.43 bits per heavy atom. The normalized spacial score (nSPS) is 17.6. The van der Waals surface area contributed by atoms with Crippen LogP contribution in [0.5, 0.6) is 0 Å². The van der Waals surface area contributed by atoms with Crippen LogP contribution in [0.3, 0.4) is 0 Å². The lowest BCUT2D eigenvalue weighted by atomic mass is 9.97. The number of aliphatic hydroxyl groups is 1. The highest BCUT2D eigenvalue weighted by Crippen LogP contribution is 2.26. The molecule has 3 rings (SSSR count). The predicted molar refractivity (Wildman–Crippen MR) is 78.7 cm³/mol. The molecule has 110 valence electrons. The lowest BCUT2D eigenvalue weighted by molar-refractivity contribution is -0.134. The Morgan fingerprint density at radius 2 is 2.24 bits per heavy atom. The van der Waals surface area contributed by atoms with E-state index in [1.807, 2.05) is 24.3 Å². The van der Waals surface area contributed by atoms with Crippen LogP contribution in [0.1, 0.15) is 23.7 Å². The van der Waals surface area contributed by atoms with Crippen molar-refractivity contribution in [2.24, 2.45) is 0 Å². The first kappa shape index (κ1) is 14.1. The van der Waals surface area contributed by atoms with Gasteiger partial charge in [-0.25, -0.2) is 0 Å². The van der Waals surface area contributed by atoms with E-state index in [1.54, 1.807) is 22.0 Å². The third kappa shape index (κ3) is 3.09. The molecule has 1 atom stereocenters. The Labute approximate surface area is 127 Å². The van der Waals surface area contributed by atoms with E-state index in [0.717, 1.165) is 11.1 Å². The van der Waals surface area contributed by atoms with Gasteiger partial charge in [0.1, 0.15) is 0 Å². The minimum absolute atomic E-state index is 0.00942. The van der Waals surface area contributed by atoms with Crippen LogP contribution in [0.4, 0.5) is 0 Å². The Balaban J connectivity index is 1.64. The van der Waals surface area contributed by atoms with Crippen molar-refractivity contribution in [3.8, 4) is 0 Å². The Morgan fingerprint density at radius 3 is 3.00 bits per heavy atom. The van der Waals surface area contributed by atoms with Gasteiger partial charge in [-0.05, 0) is 11.1 Å². The highest BCUT2D eigenvalue weighted by molar-refractivity contribution is 6.30. The number of rotatable bonds is 3. The summed E-state index contributed by atoms with van der Waals surface area (Å²) >= 11 is 5.79. The second-order valence-corrected chi connectivity index (χ2v) is 5.60. The van der Waals surface area contributed by atoms with E-state index >= 15 is 0 Å². The average Bonchev–Trinajstić information content (AvgIpc) is 2.90. The second-order valence-electron chi connectivity index (χ2n) is 5.16. The van der Waals surface area contributed by atoms with Crippen LogP contribution in [-0.4, -0.2) is 32.2 Å². The first-order valence-electron chi connectivity index (χ1n) is 6.85. The van der Waals surface area contributed by atoms with E-state index in [1.165, 1.54) is 0 Å². The van der Waals surface area contributed by atoms with Gasteiger partial charge in [0.25, 0.3) is 0 Å². The maximum atomic E-state index is 12.3. The summed E-state index contributed by atoms with van der Waals surface area (Å²) in [6.07, 6.45) is 2.97. The van der Waals surface area contributed by atoms with Gasteiger partial charge in [0.2, 0.25) is 5.91 Å². The van der Waals surface area contributed by atoms with Crippen molar-refractivity contribution in [3.63, 3.8) is 0 Å². The lowest BCUT2D eigenvalue weighted by Crippen LogP contribution is -2.38. The van der Waals surface area contributed by atoms with Crippen molar-refractivity contribution in [2.45, 2.75) is 25.6 Å². The number of hydrogen-bond acceptors (Lipinski definition) is 3. The third-order valence-electron chi connectivity index (χ3n) is 3.68. The molecule has 0 aliphatic carbocycles. The van der Waals surface area contributed by atoms with E-state index in [2.05, 4.69) is 5.10 Å².